The first-order chi connectivity index (χ1) is 13.2. The van der Waals surface area contributed by atoms with E-state index in [9.17, 15) is 9.18 Å². The van der Waals surface area contributed by atoms with Crippen LogP contribution in [0.3, 0.4) is 0 Å². The van der Waals surface area contributed by atoms with Crippen LogP contribution in [-0.4, -0.2) is 53.0 Å². The average Bonchev–Trinajstić information content (AvgIpc) is 3.26. The van der Waals surface area contributed by atoms with Crippen LogP contribution < -0.4 is 0 Å². The van der Waals surface area contributed by atoms with Crippen LogP contribution in [0.4, 0.5) is 4.39 Å². The molecule has 27 heavy (non-hydrogen) atoms. The van der Waals surface area contributed by atoms with Gasteiger partial charge in [0.25, 0.3) is 5.91 Å². The molecule has 0 aliphatic carbocycles. The molecule has 3 heterocycles. The molecule has 1 amide bonds. The van der Waals surface area contributed by atoms with Gasteiger partial charge in [0.2, 0.25) is 0 Å². The summed E-state index contributed by atoms with van der Waals surface area (Å²) in [6.07, 6.45) is 1.14. The Bertz CT molecular complexity index is 923. The maximum Gasteiger partial charge on any atom is 0.270 e. The minimum absolute atomic E-state index is 0.0941. The largest absolute Gasteiger partial charge is 0.335 e. The number of benzene rings is 1. The van der Waals surface area contributed by atoms with Crippen LogP contribution in [-0.2, 0) is 6.54 Å². The average molecular weight is 386 g/mol. The zero-order chi connectivity index (χ0) is 18.8. The monoisotopic (exact) mass is 385 g/mol. The molecule has 3 aromatic rings. The third-order valence-electron chi connectivity index (χ3n) is 5.20. The normalized spacial score (nSPS) is 15.6. The van der Waals surface area contributed by atoms with Crippen LogP contribution in [0.25, 0.3) is 10.2 Å². The van der Waals surface area contributed by atoms with Crippen molar-refractivity contribution in [2.75, 3.05) is 32.7 Å². The summed E-state index contributed by atoms with van der Waals surface area (Å²) >= 11 is 1.65. The zero-order valence-electron chi connectivity index (χ0n) is 15.5. The number of fused-ring (bicyclic) bond motifs is 1. The number of thiophene rings is 1. The molecule has 1 aliphatic heterocycles. The zero-order valence-corrected chi connectivity index (χ0v) is 16.3. The molecule has 0 saturated carbocycles. The van der Waals surface area contributed by atoms with Gasteiger partial charge in [-0.05, 0) is 48.2 Å². The highest BCUT2D eigenvalue weighted by Crippen LogP contribution is 2.27. The minimum Gasteiger partial charge on any atom is -0.335 e. The van der Waals surface area contributed by atoms with E-state index in [4.69, 9.17) is 0 Å². The van der Waals surface area contributed by atoms with Crippen molar-refractivity contribution in [1.82, 2.24) is 14.4 Å². The van der Waals surface area contributed by atoms with E-state index in [-0.39, 0.29) is 11.7 Å². The second-order valence-electron chi connectivity index (χ2n) is 7.05. The molecule has 1 fully saturated rings. The van der Waals surface area contributed by atoms with Gasteiger partial charge in [-0.1, -0.05) is 19.1 Å². The van der Waals surface area contributed by atoms with Gasteiger partial charge in [-0.15, -0.1) is 11.3 Å². The summed E-state index contributed by atoms with van der Waals surface area (Å²) in [5.74, 6) is -0.148. The van der Waals surface area contributed by atoms with Gasteiger partial charge >= 0.3 is 0 Å². The second kappa shape index (κ2) is 7.82. The van der Waals surface area contributed by atoms with Crippen LogP contribution in [0.15, 0.2) is 41.8 Å². The van der Waals surface area contributed by atoms with Crippen molar-refractivity contribution in [3.8, 4) is 0 Å². The fourth-order valence-corrected chi connectivity index (χ4v) is 4.57. The molecular formula is C21H24FN3OS. The number of aromatic nitrogens is 1. The second-order valence-corrected chi connectivity index (χ2v) is 7.99. The Morgan fingerprint density at radius 3 is 2.56 bits per heavy atom. The Hall–Kier alpha value is -2.18. The minimum atomic E-state index is -0.242. The topological polar surface area (TPSA) is 28.5 Å². The summed E-state index contributed by atoms with van der Waals surface area (Å²) in [6, 6.07) is 10.6. The molecule has 6 heteroatoms. The number of carbonyl (C=O) groups is 1. The van der Waals surface area contributed by atoms with Crippen molar-refractivity contribution in [3.05, 3.63) is 58.9 Å². The third kappa shape index (κ3) is 3.77. The highest BCUT2D eigenvalue weighted by atomic mass is 32.1. The van der Waals surface area contributed by atoms with Gasteiger partial charge in [-0.25, -0.2) is 4.39 Å². The molecule has 4 nitrogen and oxygen atoms in total. The molecule has 1 aromatic carbocycles. The van der Waals surface area contributed by atoms with E-state index in [1.807, 2.05) is 16.3 Å². The van der Waals surface area contributed by atoms with Crippen LogP contribution in [0, 0.1) is 5.82 Å². The molecule has 1 aliphatic rings. The number of nitrogens with zero attached hydrogens (tertiary/aromatic N) is 3. The van der Waals surface area contributed by atoms with E-state index in [1.54, 1.807) is 23.5 Å². The smallest absolute Gasteiger partial charge is 0.270 e. The molecule has 0 unspecified atom stereocenters. The number of rotatable bonds is 5. The fraction of sp³-hybridized carbons (Fsp3) is 0.381. The third-order valence-corrected chi connectivity index (χ3v) is 6.05. The van der Waals surface area contributed by atoms with Gasteiger partial charge in [-0.3, -0.25) is 9.69 Å². The first-order valence-corrected chi connectivity index (χ1v) is 10.4. The number of piperazine rings is 1. The van der Waals surface area contributed by atoms with Crippen LogP contribution in [0.1, 0.15) is 29.4 Å². The first-order valence-electron chi connectivity index (χ1n) is 9.48. The van der Waals surface area contributed by atoms with E-state index in [1.165, 1.54) is 12.1 Å². The molecule has 0 bridgehead atoms. The summed E-state index contributed by atoms with van der Waals surface area (Å²) in [5.41, 5.74) is 2.78. The number of halogens is 1. The lowest BCUT2D eigenvalue weighted by atomic mass is 10.2. The van der Waals surface area contributed by atoms with Crippen LogP contribution >= 0.6 is 11.3 Å². The van der Waals surface area contributed by atoms with Crippen molar-refractivity contribution in [1.29, 1.82) is 0 Å². The van der Waals surface area contributed by atoms with Gasteiger partial charge in [0.15, 0.2) is 0 Å². The first kappa shape index (κ1) is 18.2. The molecule has 0 spiro atoms. The Labute approximate surface area is 162 Å². The summed E-state index contributed by atoms with van der Waals surface area (Å²) < 4.78 is 16.4. The number of amides is 1. The summed E-state index contributed by atoms with van der Waals surface area (Å²) in [7, 11) is 0. The molecule has 2 aromatic heterocycles. The van der Waals surface area contributed by atoms with E-state index in [0.29, 0.717) is 6.54 Å². The Kier molecular flexibility index (Phi) is 5.27. The molecule has 4 rings (SSSR count). The molecule has 0 N–H and O–H groups in total. The highest BCUT2D eigenvalue weighted by molar-refractivity contribution is 7.17. The highest BCUT2D eigenvalue weighted by Gasteiger charge is 2.25. The lowest BCUT2D eigenvalue weighted by molar-refractivity contribution is 0.0628. The van der Waals surface area contributed by atoms with Crippen molar-refractivity contribution in [3.63, 3.8) is 0 Å². The molecule has 0 atom stereocenters. The summed E-state index contributed by atoms with van der Waals surface area (Å²) in [5, 5.41) is 2.05. The Morgan fingerprint density at radius 1 is 1.11 bits per heavy atom. The van der Waals surface area contributed by atoms with E-state index >= 15 is 0 Å². The number of hydrogen-bond acceptors (Lipinski definition) is 3. The molecule has 142 valence electrons. The van der Waals surface area contributed by atoms with Crippen molar-refractivity contribution in [2.45, 2.75) is 19.9 Å². The van der Waals surface area contributed by atoms with Gasteiger partial charge in [-0.2, -0.15) is 0 Å². The van der Waals surface area contributed by atoms with E-state index in [2.05, 4.69) is 22.5 Å². The molecule has 1 saturated heterocycles. The molecule has 0 radical (unpaired) electrons. The Morgan fingerprint density at radius 2 is 1.85 bits per heavy atom. The maximum absolute atomic E-state index is 13.2. The van der Waals surface area contributed by atoms with Gasteiger partial charge in [0.05, 0.1) is 10.2 Å². The predicted molar refractivity (Wildman–Crippen MR) is 108 cm³/mol. The lowest BCUT2D eigenvalue weighted by Crippen LogP contribution is -2.49. The van der Waals surface area contributed by atoms with Gasteiger partial charge in [0.1, 0.15) is 11.5 Å². The maximum atomic E-state index is 13.2. The van der Waals surface area contributed by atoms with Gasteiger partial charge < -0.3 is 9.47 Å². The predicted octanol–water partition coefficient (Wildman–Crippen LogP) is 4.06. The van der Waals surface area contributed by atoms with Crippen LogP contribution in [0.2, 0.25) is 0 Å². The van der Waals surface area contributed by atoms with E-state index < -0.39 is 0 Å². The quantitative estimate of drug-likeness (QED) is 0.663. The number of carbonyl (C=O) groups excluding carboxylic acids is 1. The van der Waals surface area contributed by atoms with Gasteiger partial charge in [0, 0.05) is 32.7 Å². The standard InChI is InChI=1S/C21H24FN3OS/c1-2-8-23-9-11-24(12-10-23)21(26)19-14-20-18(7-13-27-20)25(19)15-16-3-5-17(22)6-4-16/h3-7,13-14H,2,8-12,15H2,1H3. The SMILES string of the molecule is CCCN1CCN(C(=O)c2cc3sccc3n2Cc2ccc(F)cc2)CC1. The van der Waals surface area contributed by atoms with Crippen molar-refractivity contribution in [2.24, 2.45) is 0 Å². The van der Waals surface area contributed by atoms with E-state index in [0.717, 1.165) is 60.6 Å². The van der Waals surface area contributed by atoms with Crippen molar-refractivity contribution < 1.29 is 9.18 Å². The van der Waals surface area contributed by atoms with Crippen molar-refractivity contribution >= 4 is 27.5 Å². The summed E-state index contributed by atoms with van der Waals surface area (Å²) in [4.78, 5) is 17.6. The fourth-order valence-electron chi connectivity index (χ4n) is 3.75. The van der Waals surface area contributed by atoms with Crippen LogP contribution in [0.5, 0.6) is 0 Å². The Balaban J connectivity index is 1.59. The molecular weight excluding hydrogens is 361 g/mol. The number of hydrogen-bond donors (Lipinski definition) is 0. The lowest BCUT2D eigenvalue weighted by Gasteiger charge is -2.34. The summed E-state index contributed by atoms with van der Waals surface area (Å²) in [6.45, 7) is 7.27.